The van der Waals surface area contributed by atoms with E-state index in [1.807, 2.05) is 6.92 Å². The lowest BCUT2D eigenvalue weighted by atomic mass is 9.87. The third-order valence-corrected chi connectivity index (χ3v) is 6.77. The second-order valence-corrected chi connectivity index (χ2v) is 10.5. The maximum atomic E-state index is 10.2. The van der Waals surface area contributed by atoms with Crippen LogP contribution in [0.25, 0.3) is 0 Å². The molecule has 1 heterocycles. The number of phenolic OH excluding ortho intramolecular Hbond substituents is 1. The highest BCUT2D eigenvalue weighted by molar-refractivity contribution is 5.58. The molecule has 3 N–H and O–H groups in total. The Bertz CT molecular complexity index is 862. The molecule has 0 saturated carbocycles. The van der Waals surface area contributed by atoms with Gasteiger partial charge in [0.1, 0.15) is 11.4 Å². The fourth-order valence-corrected chi connectivity index (χ4v) is 4.38. The van der Waals surface area contributed by atoms with Crippen molar-refractivity contribution in [1.29, 1.82) is 0 Å². The molecule has 0 aliphatic carbocycles. The maximum absolute atomic E-state index is 10.2. The topological polar surface area (TPSA) is 79.2 Å². The average molecular weight is 461 g/mol. The van der Waals surface area contributed by atoms with E-state index in [0.29, 0.717) is 12.2 Å². The Morgan fingerprint density at radius 2 is 1.85 bits per heavy atom. The van der Waals surface area contributed by atoms with Gasteiger partial charge in [-0.05, 0) is 105 Å². The van der Waals surface area contributed by atoms with Crippen LogP contribution in [0.5, 0.6) is 17.2 Å². The normalized spacial score (nSPS) is 20.3. The first-order valence-electron chi connectivity index (χ1n) is 12.2. The number of methoxy groups -OCH3 is 1. The summed E-state index contributed by atoms with van der Waals surface area (Å²) in [6.45, 7) is 11.7. The third-order valence-electron chi connectivity index (χ3n) is 6.77. The first-order valence-corrected chi connectivity index (χ1v) is 12.2. The van der Waals surface area contributed by atoms with Crippen molar-refractivity contribution in [2.75, 3.05) is 7.11 Å². The van der Waals surface area contributed by atoms with Gasteiger partial charge in [-0.3, -0.25) is 0 Å². The van der Waals surface area contributed by atoms with E-state index in [-0.39, 0.29) is 11.4 Å². The van der Waals surface area contributed by atoms with Gasteiger partial charge in [0.15, 0.2) is 11.5 Å². The number of rotatable bonds is 11. The number of aliphatic hydroxyl groups is 2. The Balaban J connectivity index is 1.84. The van der Waals surface area contributed by atoms with Crippen molar-refractivity contribution in [2.45, 2.75) is 110 Å². The van der Waals surface area contributed by atoms with E-state index in [0.717, 1.165) is 61.8 Å². The molecule has 33 heavy (non-hydrogen) atoms. The molecule has 0 bridgehead atoms. The summed E-state index contributed by atoms with van der Waals surface area (Å²) in [7, 11) is 1.59. The molecule has 1 aliphatic rings. The first-order chi connectivity index (χ1) is 15.4. The van der Waals surface area contributed by atoms with Gasteiger partial charge in [-0.15, -0.1) is 0 Å². The summed E-state index contributed by atoms with van der Waals surface area (Å²) in [6.07, 6.45) is 10.9. The predicted molar refractivity (Wildman–Crippen MR) is 134 cm³/mol. The summed E-state index contributed by atoms with van der Waals surface area (Å²) in [6, 6.07) is 1.72. The van der Waals surface area contributed by atoms with Gasteiger partial charge in [0.05, 0.1) is 18.8 Å². The predicted octanol–water partition coefficient (Wildman–Crippen LogP) is 6.16. The highest BCUT2D eigenvalue weighted by Crippen LogP contribution is 2.46. The van der Waals surface area contributed by atoms with Crippen molar-refractivity contribution in [3.05, 3.63) is 40.5 Å². The van der Waals surface area contributed by atoms with E-state index in [4.69, 9.17) is 9.47 Å². The number of benzene rings is 1. The Kier molecular flexibility index (Phi) is 9.45. The fraction of sp³-hybridized carbons (Fsp3) is 0.643. The molecule has 2 rings (SSSR count). The molecule has 1 aliphatic heterocycles. The van der Waals surface area contributed by atoms with Crippen LogP contribution in [0.4, 0.5) is 0 Å². The van der Waals surface area contributed by atoms with Crippen molar-refractivity contribution in [3.63, 3.8) is 0 Å². The summed E-state index contributed by atoms with van der Waals surface area (Å²) in [5, 5.41) is 30.0. The number of aryl methyl sites for hydroxylation is 1. The number of allylic oxidation sites excluding steroid dienone is 4. The van der Waals surface area contributed by atoms with Crippen LogP contribution in [0.3, 0.4) is 0 Å². The molecule has 1 aromatic carbocycles. The largest absolute Gasteiger partial charge is 0.504 e. The molecule has 0 saturated heterocycles. The van der Waals surface area contributed by atoms with Crippen LogP contribution in [0.15, 0.2) is 29.4 Å². The molecule has 5 heteroatoms. The average Bonchev–Trinajstić information content (AvgIpc) is 2.72. The standard InChI is InChI=1S/C28H44O5/c1-19(10-8-11-20(2)13-14-24(30)27(4,5)31)12-9-16-28(6)17-15-22-25(33-28)21(3)18-23(29)26(22)32-7/h11-12,18,24,29-31H,8-10,13-17H2,1-7H3/b19-12+,20-11+/t24?,28-/m1/s1. The van der Waals surface area contributed by atoms with Crippen LogP contribution in [-0.2, 0) is 6.42 Å². The molecule has 0 radical (unpaired) electrons. The van der Waals surface area contributed by atoms with Crippen molar-refractivity contribution < 1.29 is 24.8 Å². The monoisotopic (exact) mass is 460 g/mol. The molecule has 2 atom stereocenters. The number of aromatic hydroxyl groups is 1. The van der Waals surface area contributed by atoms with Crippen molar-refractivity contribution in [1.82, 2.24) is 0 Å². The van der Waals surface area contributed by atoms with E-state index < -0.39 is 11.7 Å². The molecule has 0 aromatic heterocycles. The zero-order valence-corrected chi connectivity index (χ0v) is 21.6. The van der Waals surface area contributed by atoms with Crippen LogP contribution >= 0.6 is 0 Å². The van der Waals surface area contributed by atoms with Crippen LogP contribution < -0.4 is 9.47 Å². The molecule has 1 unspecified atom stereocenters. The van der Waals surface area contributed by atoms with Crippen molar-refractivity contribution in [3.8, 4) is 17.2 Å². The van der Waals surface area contributed by atoms with Crippen LogP contribution in [-0.4, -0.2) is 39.7 Å². The van der Waals surface area contributed by atoms with Crippen LogP contribution in [0.1, 0.15) is 90.7 Å². The molecule has 5 nitrogen and oxygen atoms in total. The van der Waals surface area contributed by atoms with Crippen LogP contribution in [0.2, 0.25) is 0 Å². The lowest BCUT2D eigenvalue weighted by molar-refractivity contribution is -0.0509. The quantitative estimate of drug-likeness (QED) is 0.345. The zero-order chi connectivity index (χ0) is 24.8. The highest BCUT2D eigenvalue weighted by Gasteiger charge is 2.34. The lowest BCUT2D eigenvalue weighted by Gasteiger charge is -2.37. The van der Waals surface area contributed by atoms with E-state index in [1.54, 1.807) is 27.0 Å². The molecular formula is C28H44O5. The number of aliphatic hydroxyl groups excluding tert-OH is 1. The number of hydrogen-bond acceptors (Lipinski definition) is 5. The lowest BCUT2D eigenvalue weighted by Crippen LogP contribution is -2.36. The van der Waals surface area contributed by atoms with Gasteiger partial charge in [-0.2, -0.15) is 0 Å². The fourth-order valence-electron chi connectivity index (χ4n) is 4.38. The summed E-state index contributed by atoms with van der Waals surface area (Å²) in [5.74, 6) is 1.57. The van der Waals surface area contributed by atoms with Gasteiger partial charge in [-0.25, -0.2) is 0 Å². The Hall–Kier alpha value is -1.98. The minimum absolute atomic E-state index is 0.178. The highest BCUT2D eigenvalue weighted by atomic mass is 16.5. The minimum atomic E-state index is -1.05. The van der Waals surface area contributed by atoms with Gasteiger partial charge in [0, 0.05) is 5.56 Å². The molecule has 0 spiro atoms. The summed E-state index contributed by atoms with van der Waals surface area (Å²) in [5.41, 5.74) is 3.26. The number of phenols is 1. The zero-order valence-electron chi connectivity index (χ0n) is 21.6. The Morgan fingerprint density at radius 1 is 1.21 bits per heavy atom. The molecule has 186 valence electrons. The Morgan fingerprint density at radius 3 is 2.48 bits per heavy atom. The summed E-state index contributed by atoms with van der Waals surface area (Å²) >= 11 is 0. The van der Waals surface area contributed by atoms with Gasteiger partial charge in [0.25, 0.3) is 0 Å². The number of ether oxygens (including phenoxy) is 2. The molecule has 1 aromatic rings. The van der Waals surface area contributed by atoms with E-state index in [2.05, 4.69) is 32.9 Å². The molecule has 0 fully saturated rings. The van der Waals surface area contributed by atoms with E-state index >= 15 is 0 Å². The van der Waals surface area contributed by atoms with Gasteiger partial charge < -0.3 is 24.8 Å². The molecule has 0 amide bonds. The van der Waals surface area contributed by atoms with Gasteiger partial charge >= 0.3 is 0 Å². The van der Waals surface area contributed by atoms with E-state index in [9.17, 15) is 15.3 Å². The Labute approximate surface area is 200 Å². The SMILES string of the molecule is COc1c(O)cc(C)c2c1CC[C@@](C)(CC/C=C(\C)CC/C=C(\C)CCC(O)C(C)(C)O)O2. The number of fused-ring (bicyclic) bond motifs is 1. The number of hydrogen-bond donors (Lipinski definition) is 3. The van der Waals surface area contributed by atoms with Gasteiger partial charge in [-0.1, -0.05) is 23.3 Å². The smallest absolute Gasteiger partial charge is 0.167 e. The van der Waals surface area contributed by atoms with E-state index in [1.165, 1.54) is 11.1 Å². The van der Waals surface area contributed by atoms with Crippen molar-refractivity contribution >= 4 is 0 Å². The third kappa shape index (κ3) is 7.79. The second kappa shape index (κ2) is 11.4. The first kappa shape index (κ1) is 27.3. The van der Waals surface area contributed by atoms with Gasteiger partial charge in [0.2, 0.25) is 0 Å². The second-order valence-electron chi connectivity index (χ2n) is 10.5. The minimum Gasteiger partial charge on any atom is -0.504 e. The molecular weight excluding hydrogens is 416 g/mol. The maximum Gasteiger partial charge on any atom is 0.167 e. The summed E-state index contributed by atoms with van der Waals surface area (Å²) in [4.78, 5) is 0. The summed E-state index contributed by atoms with van der Waals surface area (Å²) < 4.78 is 11.9. The van der Waals surface area contributed by atoms with Crippen molar-refractivity contribution in [2.24, 2.45) is 0 Å². The van der Waals surface area contributed by atoms with Crippen LogP contribution in [0, 0.1) is 6.92 Å².